The van der Waals surface area contributed by atoms with Crippen molar-refractivity contribution < 1.29 is 0 Å². The smallest absolute Gasteiger partial charge is 0.196 e. The zero-order chi connectivity index (χ0) is 11.9. The highest BCUT2D eigenvalue weighted by Crippen LogP contribution is 2.42. The lowest BCUT2D eigenvalue weighted by Gasteiger charge is -2.35. The Hall–Kier alpha value is -1.16. The zero-order valence-electron chi connectivity index (χ0n) is 9.97. The second-order valence-electron chi connectivity index (χ2n) is 4.90. The maximum Gasteiger partial charge on any atom is 0.196 e. The number of guanidine groups is 1. The predicted molar refractivity (Wildman–Crippen MR) is 74.7 cm³/mol. The molecule has 0 saturated carbocycles. The number of aliphatic imine (C=N–C) groups is 1. The lowest BCUT2D eigenvalue weighted by molar-refractivity contribution is 0.493. The van der Waals surface area contributed by atoms with E-state index < -0.39 is 0 Å². The molecule has 0 amide bonds. The minimum absolute atomic E-state index is 0.121. The third-order valence-electron chi connectivity index (χ3n) is 3.56. The monoisotopic (exact) mass is 247 g/mol. The highest BCUT2D eigenvalue weighted by molar-refractivity contribution is 8.00. The molecule has 2 heterocycles. The summed E-state index contributed by atoms with van der Waals surface area (Å²) in [4.78, 5) is 6.71. The van der Waals surface area contributed by atoms with E-state index in [1.165, 1.54) is 5.69 Å². The average molecular weight is 247 g/mol. The van der Waals surface area contributed by atoms with Crippen LogP contribution < -0.4 is 10.6 Å². The quantitative estimate of drug-likeness (QED) is 0.826. The molecule has 1 spiro atoms. The summed E-state index contributed by atoms with van der Waals surface area (Å²) < 4.78 is 0. The van der Waals surface area contributed by atoms with Gasteiger partial charge in [0.15, 0.2) is 5.96 Å². The number of anilines is 1. The van der Waals surface area contributed by atoms with E-state index in [4.69, 9.17) is 5.73 Å². The maximum atomic E-state index is 6.08. The van der Waals surface area contributed by atoms with Crippen LogP contribution in [0.2, 0.25) is 0 Å². The van der Waals surface area contributed by atoms with E-state index in [-0.39, 0.29) is 5.54 Å². The topological polar surface area (TPSA) is 41.6 Å². The number of thioether (sulfide) groups is 1. The molecule has 0 aromatic heterocycles. The van der Waals surface area contributed by atoms with E-state index in [1.807, 2.05) is 17.8 Å². The molecule has 2 aliphatic rings. The number of nitrogens with zero attached hydrogens (tertiary/aromatic N) is 2. The molecule has 0 radical (unpaired) electrons. The molecule has 1 aromatic carbocycles. The van der Waals surface area contributed by atoms with Gasteiger partial charge in [0.1, 0.15) is 0 Å². The van der Waals surface area contributed by atoms with Crippen LogP contribution in [0.1, 0.15) is 13.3 Å². The Morgan fingerprint density at radius 2 is 2.18 bits per heavy atom. The van der Waals surface area contributed by atoms with Crippen LogP contribution in [-0.4, -0.2) is 29.0 Å². The first-order valence-electron chi connectivity index (χ1n) is 5.98. The number of hydrogen-bond acceptors (Lipinski definition) is 4. The number of nitrogens with two attached hydrogens (primary N) is 1. The van der Waals surface area contributed by atoms with E-state index in [0.717, 1.165) is 18.7 Å². The van der Waals surface area contributed by atoms with Gasteiger partial charge in [-0.2, -0.15) is 11.8 Å². The van der Waals surface area contributed by atoms with Crippen molar-refractivity contribution in [2.75, 3.05) is 17.2 Å². The lowest BCUT2D eigenvalue weighted by atomic mass is 9.94. The molecule has 1 saturated heterocycles. The van der Waals surface area contributed by atoms with Gasteiger partial charge in [-0.3, -0.25) is 4.99 Å². The molecule has 3 nitrogen and oxygen atoms in total. The van der Waals surface area contributed by atoms with Gasteiger partial charge in [-0.05, 0) is 18.6 Å². The van der Waals surface area contributed by atoms with Crippen LogP contribution in [0.25, 0.3) is 0 Å². The minimum Gasteiger partial charge on any atom is -0.369 e. The van der Waals surface area contributed by atoms with Crippen LogP contribution in [0, 0.1) is 0 Å². The molecular formula is C13H17N3S. The van der Waals surface area contributed by atoms with Crippen molar-refractivity contribution in [3.05, 3.63) is 30.3 Å². The van der Waals surface area contributed by atoms with Crippen LogP contribution in [-0.2, 0) is 0 Å². The molecule has 3 rings (SSSR count). The molecule has 4 heteroatoms. The van der Waals surface area contributed by atoms with Crippen molar-refractivity contribution in [2.24, 2.45) is 10.7 Å². The van der Waals surface area contributed by atoms with E-state index in [9.17, 15) is 0 Å². The van der Waals surface area contributed by atoms with Crippen LogP contribution in [0.5, 0.6) is 0 Å². The Morgan fingerprint density at radius 1 is 1.41 bits per heavy atom. The Balaban J connectivity index is 1.98. The summed E-state index contributed by atoms with van der Waals surface area (Å²) in [6.07, 6.45) is 1.16. The number of para-hydroxylation sites is 1. The van der Waals surface area contributed by atoms with Gasteiger partial charge in [0.05, 0.1) is 12.1 Å². The van der Waals surface area contributed by atoms with Gasteiger partial charge < -0.3 is 10.6 Å². The molecular weight excluding hydrogens is 230 g/mol. The molecule has 90 valence electrons. The van der Waals surface area contributed by atoms with Crippen LogP contribution >= 0.6 is 11.8 Å². The molecule has 2 aliphatic heterocycles. The van der Waals surface area contributed by atoms with Gasteiger partial charge in [0, 0.05) is 16.7 Å². The second kappa shape index (κ2) is 3.95. The van der Waals surface area contributed by atoms with Gasteiger partial charge in [0.25, 0.3) is 0 Å². The molecule has 1 fully saturated rings. The van der Waals surface area contributed by atoms with Gasteiger partial charge in [0.2, 0.25) is 0 Å². The highest BCUT2D eigenvalue weighted by atomic mass is 32.2. The van der Waals surface area contributed by atoms with E-state index in [2.05, 4.69) is 41.1 Å². The molecule has 0 aliphatic carbocycles. The zero-order valence-corrected chi connectivity index (χ0v) is 10.8. The second-order valence-corrected chi connectivity index (χ2v) is 6.32. The number of rotatable bonds is 1. The Morgan fingerprint density at radius 3 is 2.82 bits per heavy atom. The summed E-state index contributed by atoms with van der Waals surface area (Å²) in [6.45, 7) is 3.13. The first kappa shape index (κ1) is 11.0. The van der Waals surface area contributed by atoms with Crippen molar-refractivity contribution in [3.8, 4) is 0 Å². The van der Waals surface area contributed by atoms with Crippen molar-refractivity contribution in [1.82, 2.24) is 0 Å². The molecule has 17 heavy (non-hydrogen) atoms. The summed E-state index contributed by atoms with van der Waals surface area (Å²) in [7, 11) is 0. The third-order valence-corrected chi connectivity index (χ3v) is 5.00. The van der Waals surface area contributed by atoms with Crippen molar-refractivity contribution in [2.45, 2.75) is 24.1 Å². The lowest BCUT2D eigenvalue weighted by Crippen LogP contribution is -2.52. The van der Waals surface area contributed by atoms with Crippen LogP contribution in [0.4, 0.5) is 5.69 Å². The maximum absolute atomic E-state index is 6.08. The van der Waals surface area contributed by atoms with Gasteiger partial charge in [-0.15, -0.1) is 0 Å². The van der Waals surface area contributed by atoms with Crippen molar-refractivity contribution in [3.63, 3.8) is 0 Å². The summed E-state index contributed by atoms with van der Waals surface area (Å²) in [5.41, 5.74) is 7.37. The van der Waals surface area contributed by atoms with Crippen molar-refractivity contribution >= 4 is 23.4 Å². The van der Waals surface area contributed by atoms with E-state index in [0.29, 0.717) is 11.2 Å². The Kier molecular flexibility index (Phi) is 2.54. The third kappa shape index (κ3) is 1.71. The minimum atomic E-state index is 0.121. The molecule has 0 bridgehead atoms. The fourth-order valence-electron chi connectivity index (χ4n) is 2.81. The Bertz CT molecular complexity index is 445. The summed E-state index contributed by atoms with van der Waals surface area (Å²) in [6, 6.07) is 10.4. The molecule has 1 aromatic rings. The fourth-order valence-corrected chi connectivity index (χ4v) is 4.17. The normalized spacial score (nSPS) is 32.2. The fraction of sp³-hybridized carbons (Fsp3) is 0.462. The van der Waals surface area contributed by atoms with Crippen molar-refractivity contribution in [1.29, 1.82) is 0 Å². The van der Waals surface area contributed by atoms with Gasteiger partial charge in [-0.25, -0.2) is 0 Å². The Labute approximate surface area is 106 Å². The summed E-state index contributed by atoms with van der Waals surface area (Å²) in [5, 5.41) is 0.697. The molecule has 2 N–H and O–H groups in total. The molecule has 2 unspecified atom stereocenters. The largest absolute Gasteiger partial charge is 0.369 e. The summed E-state index contributed by atoms with van der Waals surface area (Å²) in [5.74, 6) is 1.79. The first-order chi connectivity index (χ1) is 8.21. The average Bonchev–Trinajstić information content (AvgIpc) is 2.85. The van der Waals surface area contributed by atoms with Crippen LogP contribution in [0.3, 0.4) is 0 Å². The highest BCUT2D eigenvalue weighted by Gasteiger charge is 2.47. The van der Waals surface area contributed by atoms with E-state index >= 15 is 0 Å². The summed E-state index contributed by atoms with van der Waals surface area (Å²) >= 11 is 2.02. The number of benzene rings is 1. The first-order valence-corrected chi connectivity index (χ1v) is 7.03. The predicted octanol–water partition coefficient (Wildman–Crippen LogP) is 2.09. The van der Waals surface area contributed by atoms with E-state index in [1.54, 1.807) is 0 Å². The van der Waals surface area contributed by atoms with Gasteiger partial charge in [-0.1, -0.05) is 25.1 Å². The van der Waals surface area contributed by atoms with Crippen LogP contribution in [0.15, 0.2) is 35.3 Å². The SMILES string of the molecule is CC1CC2(CN=C(N)N2c2ccccc2)CS1. The molecule has 2 atom stereocenters. The van der Waals surface area contributed by atoms with Gasteiger partial charge >= 0.3 is 0 Å². The number of hydrogen-bond donors (Lipinski definition) is 1. The standard InChI is InChI=1S/C13H17N3S/c1-10-7-13(9-17-10)8-15-12(14)16(13)11-5-3-2-4-6-11/h2-6,10H,7-9H2,1H3,(H2,14,15).